The van der Waals surface area contributed by atoms with Crippen LogP contribution < -0.4 is 10.6 Å². The first-order valence-electron chi connectivity index (χ1n) is 10.7. The molecule has 4 rings (SSSR count). The number of aryl methyl sites for hydroxylation is 1. The molecule has 0 saturated heterocycles. The molecular formula is C22H32IN7. The van der Waals surface area contributed by atoms with Gasteiger partial charge < -0.3 is 20.2 Å². The van der Waals surface area contributed by atoms with E-state index in [1.54, 1.807) is 0 Å². The number of rotatable bonds is 6. The summed E-state index contributed by atoms with van der Waals surface area (Å²) in [5.41, 5.74) is 2.52. The number of aromatic nitrogens is 4. The normalized spacial score (nSPS) is 15.2. The smallest absolute Gasteiger partial charge is 0.191 e. The van der Waals surface area contributed by atoms with Crippen molar-refractivity contribution in [1.82, 2.24) is 30.4 Å². The number of nitrogens with one attached hydrogen (secondary N) is 3. The Morgan fingerprint density at radius 1 is 1.20 bits per heavy atom. The Bertz CT molecular complexity index is 969. The van der Waals surface area contributed by atoms with E-state index in [9.17, 15) is 0 Å². The molecule has 2 heterocycles. The SMILES string of the molecule is Cc1nnc(CN=C(NCCc2c[nH]c3ccccc23)NC2CCCCC2)n1C.I. The topological polar surface area (TPSA) is 82.9 Å². The molecule has 0 aliphatic heterocycles. The summed E-state index contributed by atoms with van der Waals surface area (Å²) in [6, 6.07) is 8.95. The van der Waals surface area contributed by atoms with E-state index < -0.39 is 0 Å². The number of aromatic amines is 1. The molecule has 1 aromatic carbocycles. The number of guanidine groups is 1. The van der Waals surface area contributed by atoms with Crippen LogP contribution >= 0.6 is 24.0 Å². The monoisotopic (exact) mass is 521 g/mol. The standard InChI is InChI=1S/C22H31N7.HI/c1-16-27-28-21(29(16)2)15-25-22(26-18-8-4-3-5-9-18)23-13-12-17-14-24-20-11-7-6-10-19(17)20;/h6-7,10-11,14,18,24H,3-5,8-9,12-13,15H2,1-2H3,(H2,23,25,26);1H. The van der Waals surface area contributed by atoms with Crippen molar-refractivity contribution in [3.8, 4) is 0 Å². The zero-order valence-electron chi connectivity index (χ0n) is 17.8. The molecular weight excluding hydrogens is 489 g/mol. The lowest BCUT2D eigenvalue weighted by Crippen LogP contribution is -2.44. The van der Waals surface area contributed by atoms with Gasteiger partial charge in [-0.25, -0.2) is 4.99 Å². The van der Waals surface area contributed by atoms with E-state index >= 15 is 0 Å². The van der Waals surface area contributed by atoms with Gasteiger partial charge in [0.1, 0.15) is 12.4 Å². The number of halogens is 1. The summed E-state index contributed by atoms with van der Waals surface area (Å²) in [4.78, 5) is 8.16. The summed E-state index contributed by atoms with van der Waals surface area (Å²) < 4.78 is 1.99. The van der Waals surface area contributed by atoms with E-state index in [2.05, 4.69) is 56.3 Å². The van der Waals surface area contributed by atoms with Crippen LogP contribution in [-0.2, 0) is 20.0 Å². The zero-order valence-corrected chi connectivity index (χ0v) is 20.1. The molecule has 3 aromatic rings. The van der Waals surface area contributed by atoms with Crippen molar-refractivity contribution in [3.05, 3.63) is 47.7 Å². The van der Waals surface area contributed by atoms with E-state index in [0.717, 1.165) is 30.6 Å². The summed E-state index contributed by atoms with van der Waals surface area (Å²) in [5, 5.41) is 16.8. The predicted octanol–water partition coefficient (Wildman–Crippen LogP) is 3.83. The highest BCUT2D eigenvalue weighted by molar-refractivity contribution is 14.0. The number of benzene rings is 1. The molecule has 8 heteroatoms. The Kier molecular flexibility index (Phi) is 8.12. The molecule has 162 valence electrons. The second-order valence-corrected chi connectivity index (χ2v) is 7.90. The van der Waals surface area contributed by atoms with Crippen LogP contribution in [0.2, 0.25) is 0 Å². The molecule has 0 unspecified atom stereocenters. The van der Waals surface area contributed by atoms with Gasteiger partial charge in [0, 0.05) is 36.7 Å². The lowest BCUT2D eigenvalue weighted by atomic mass is 9.96. The van der Waals surface area contributed by atoms with E-state index in [0.29, 0.717) is 12.6 Å². The maximum atomic E-state index is 4.81. The second kappa shape index (κ2) is 10.8. The minimum Gasteiger partial charge on any atom is -0.361 e. The maximum Gasteiger partial charge on any atom is 0.191 e. The number of fused-ring (bicyclic) bond motifs is 1. The van der Waals surface area contributed by atoms with Crippen molar-refractivity contribution >= 4 is 40.8 Å². The highest BCUT2D eigenvalue weighted by atomic mass is 127. The fourth-order valence-corrected chi connectivity index (χ4v) is 3.99. The van der Waals surface area contributed by atoms with Gasteiger partial charge >= 0.3 is 0 Å². The number of para-hydroxylation sites is 1. The molecule has 3 N–H and O–H groups in total. The third-order valence-corrected chi connectivity index (χ3v) is 5.87. The molecule has 0 spiro atoms. The Morgan fingerprint density at radius 2 is 2.00 bits per heavy atom. The second-order valence-electron chi connectivity index (χ2n) is 7.90. The number of nitrogens with zero attached hydrogens (tertiary/aromatic N) is 4. The quantitative estimate of drug-likeness (QED) is 0.262. The highest BCUT2D eigenvalue weighted by Gasteiger charge is 2.15. The van der Waals surface area contributed by atoms with Crippen molar-refractivity contribution in [1.29, 1.82) is 0 Å². The van der Waals surface area contributed by atoms with Crippen LogP contribution in [0.5, 0.6) is 0 Å². The Balaban J connectivity index is 0.00000256. The third-order valence-electron chi connectivity index (χ3n) is 5.87. The first-order chi connectivity index (χ1) is 14.2. The largest absolute Gasteiger partial charge is 0.361 e. The lowest BCUT2D eigenvalue weighted by molar-refractivity contribution is 0.410. The van der Waals surface area contributed by atoms with Crippen LogP contribution in [-0.4, -0.2) is 38.3 Å². The molecule has 1 fully saturated rings. The Labute approximate surface area is 195 Å². The van der Waals surface area contributed by atoms with Crippen LogP contribution in [0.1, 0.15) is 49.3 Å². The number of hydrogen-bond acceptors (Lipinski definition) is 3. The van der Waals surface area contributed by atoms with E-state index in [4.69, 9.17) is 4.99 Å². The molecule has 0 bridgehead atoms. The predicted molar refractivity (Wildman–Crippen MR) is 132 cm³/mol. The van der Waals surface area contributed by atoms with E-state index in [1.807, 2.05) is 18.5 Å². The van der Waals surface area contributed by atoms with E-state index in [1.165, 1.54) is 48.6 Å². The fourth-order valence-electron chi connectivity index (χ4n) is 3.99. The average molecular weight is 521 g/mol. The number of aliphatic imine (C=N–C) groups is 1. The Hall–Kier alpha value is -2.10. The van der Waals surface area contributed by atoms with Gasteiger partial charge in [-0.05, 0) is 37.8 Å². The zero-order chi connectivity index (χ0) is 20.1. The molecule has 1 aliphatic rings. The van der Waals surface area contributed by atoms with Crippen LogP contribution in [0.15, 0.2) is 35.5 Å². The first-order valence-corrected chi connectivity index (χ1v) is 10.7. The van der Waals surface area contributed by atoms with Crippen LogP contribution in [0.4, 0.5) is 0 Å². The summed E-state index contributed by atoms with van der Waals surface area (Å²) in [5.74, 6) is 2.66. The molecule has 0 radical (unpaired) electrons. The molecule has 0 amide bonds. The molecule has 30 heavy (non-hydrogen) atoms. The third kappa shape index (κ3) is 5.53. The van der Waals surface area contributed by atoms with Gasteiger partial charge in [0.25, 0.3) is 0 Å². The molecule has 2 aromatic heterocycles. The van der Waals surface area contributed by atoms with Crippen LogP contribution in [0.25, 0.3) is 10.9 Å². The van der Waals surface area contributed by atoms with Crippen LogP contribution in [0.3, 0.4) is 0 Å². The van der Waals surface area contributed by atoms with Gasteiger partial charge in [-0.3, -0.25) is 0 Å². The summed E-state index contributed by atoms with van der Waals surface area (Å²) in [6.07, 6.45) is 9.42. The minimum atomic E-state index is 0. The van der Waals surface area contributed by atoms with Gasteiger partial charge in [-0.2, -0.15) is 0 Å². The maximum absolute atomic E-state index is 4.81. The van der Waals surface area contributed by atoms with Gasteiger partial charge in [0.05, 0.1) is 0 Å². The summed E-state index contributed by atoms with van der Waals surface area (Å²) >= 11 is 0. The van der Waals surface area contributed by atoms with Crippen LogP contribution in [0, 0.1) is 6.92 Å². The first kappa shape index (κ1) is 22.6. The van der Waals surface area contributed by atoms with Crippen molar-refractivity contribution < 1.29 is 0 Å². The number of H-pyrrole nitrogens is 1. The molecule has 0 atom stereocenters. The number of hydrogen-bond donors (Lipinski definition) is 3. The van der Waals surface area contributed by atoms with Crippen molar-refractivity contribution in [2.75, 3.05) is 6.54 Å². The molecule has 7 nitrogen and oxygen atoms in total. The molecule has 1 saturated carbocycles. The van der Waals surface area contributed by atoms with Gasteiger partial charge in [0.15, 0.2) is 11.8 Å². The average Bonchev–Trinajstić information content (AvgIpc) is 3.30. The van der Waals surface area contributed by atoms with Crippen molar-refractivity contribution in [3.63, 3.8) is 0 Å². The highest BCUT2D eigenvalue weighted by Crippen LogP contribution is 2.18. The van der Waals surface area contributed by atoms with Gasteiger partial charge in [0.2, 0.25) is 0 Å². The fraction of sp³-hybridized carbons (Fsp3) is 0.500. The lowest BCUT2D eigenvalue weighted by Gasteiger charge is -2.25. The van der Waals surface area contributed by atoms with Crippen molar-refractivity contribution in [2.45, 2.75) is 58.0 Å². The Morgan fingerprint density at radius 3 is 2.77 bits per heavy atom. The minimum absolute atomic E-state index is 0. The summed E-state index contributed by atoms with van der Waals surface area (Å²) in [6.45, 7) is 3.31. The summed E-state index contributed by atoms with van der Waals surface area (Å²) in [7, 11) is 1.98. The molecule has 1 aliphatic carbocycles. The van der Waals surface area contributed by atoms with E-state index in [-0.39, 0.29) is 24.0 Å². The van der Waals surface area contributed by atoms with Crippen molar-refractivity contribution in [2.24, 2.45) is 12.0 Å². The van der Waals surface area contributed by atoms with Gasteiger partial charge in [-0.1, -0.05) is 37.5 Å². The van der Waals surface area contributed by atoms with Gasteiger partial charge in [-0.15, -0.1) is 34.2 Å².